The van der Waals surface area contributed by atoms with E-state index in [4.69, 9.17) is 4.42 Å². The number of nitrogens with one attached hydrogen (secondary N) is 1. The van der Waals surface area contributed by atoms with Gasteiger partial charge in [0, 0.05) is 13.0 Å². The first kappa shape index (κ1) is 14.1. The second-order valence-corrected chi connectivity index (χ2v) is 5.97. The van der Waals surface area contributed by atoms with E-state index in [1.165, 1.54) is 25.7 Å². The Morgan fingerprint density at radius 3 is 2.81 bits per heavy atom. The van der Waals surface area contributed by atoms with Gasteiger partial charge in [0.15, 0.2) is 11.5 Å². The normalized spacial score (nSPS) is 16.8. The third-order valence-electron chi connectivity index (χ3n) is 4.14. The van der Waals surface area contributed by atoms with E-state index in [9.17, 15) is 4.79 Å². The minimum absolute atomic E-state index is 0.112. The highest BCUT2D eigenvalue weighted by atomic mass is 16.3. The number of hydrogen-bond donors (Lipinski definition) is 1. The van der Waals surface area contributed by atoms with Crippen molar-refractivity contribution < 1.29 is 9.21 Å². The van der Waals surface area contributed by atoms with E-state index in [0.29, 0.717) is 18.4 Å². The number of carbonyl (C=O) groups is 1. The first-order chi connectivity index (χ1) is 10.2. The highest BCUT2D eigenvalue weighted by molar-refractivity contribution is 5.81. The van der Waals surface area contributed by atoms with Gasteiger partial charge in [-0.25, -0.2) is 4.98 Å². The van der Waals surface area contributed by atoms with E-state index < -0.39 is 0 Å². The molecule has 1 aromatic heterocycles. The third kappa shape index (κ3) is 3.63. The van der Waals surface area contributed by atoms with Gasteiger partial charge in [-0.3, -0.25) is 4.79 Å². The Labute approximate surface area is 124 Å². The molecular formula is C17H22N2O2. The van der Waals surface area contributed by atoms with Gasteiger partial charge in [-0.1, -0.05) is 31.7 Å². The number of fused-ring (bicyclic) bond motifs is 1. The zero-order valence-corrected chi connectivity index (χ0v) is 12.5. The average molecular weight is 286 g/mol. The molecule has 4 heteroatoms. The lowest BCUT2D eigenvalue weighted by Gasteiger charge is -2.16. The molecule has 1 N–H and O–H groups in total. The molecule has 4 nitrogen and oxygen atoms in total. The molecule has 0 unspecified atom stereocenters. The molecule has 0 saturated heterocycles. The van der Waals surface area contributed by atoms with Crippen LogP contribution in [0.5, 0.6) is 0 Å². The summed E-state index contributed by atoms with van der Waals surface area (Å²) in [7, 11) is 0. The number of nitrogens with zero attached hydrogens (tertiary/aromatic N) is 1. The molecule has 1 saturated carbocycles. The topological polar surface area (TPSA) is 55.1 Å². The number of aryl methyl sites for hydroxylation is 1. The van der Waals surface area contributed by atoms with Gasteiger partial charge in [0.1, 0.15) is 5.52 Å². The standard InChI is InChI=1S/C17H22N2O2/c1-12-18-15-10-13(8-9-16(15)21-12)11-17(20)19-14-6-4-2-3-5-7-14/h8-10,14H,2-7,11H2,1H3,(H,19,20). The lowest BCUT2D eigenvalue weighted by atomic mass is 10.1. The zero-order valence-electron chi connectivity index (χ0n) is 12.5. The molecule has 1 amide bonds. The second kappa shape index (κ2) is 6.29. The molecule has 0 radical (unpaired) electrons. The maximum atomic E-state index is 12.2. The number of hydrogen-bond acceptors (Lipinski definition) is 3. The second-order valence-electron chi connectivity index (χ2n) is 5.97. The molecule has 2 aromatic rings. The smallest absolute Gasteiger partial charge is 0.224 e. The summed E-state index contributed by atoms with van der Waals surface area (Å²) in [5, 5.41) is 3.18. The predicted octanol–water partition coefficient (Wildman–Crippen LogP) is 3.52. The number of benzene rings is 1. The number of rotatable bonds is 3. The van der Waals surface area contributed by atoms with Crippen molar-refractivity contribution in [3.63, 3.8) is 0 Å². The van der Waals surface area contributed by atoms with Gasteiger partial charge in [-0.2, -0.15) is 0 Å². The molecular weight excluding hydrogens is 264 g/mol. The van der Waals surface area contributed by atoms with Crippen LogP contribution >= 0.6 is 0 Å². The van der Waals surface area contributed by atoms with E-state index >= 15 is 0 Å². The molecule has 1 aliphatic carbocycles. The van der Waals surface area contributed by atoms with Gasteiger partial charge >= 0.3 is 0 Å². The molecule has 1 fully saturated rings. The minimum Gasteiger partial charge on any atom is -0.441 e. The molecule has 0 atom stereocenters. The van der Waals surface area contributed by atoms with Crippen molar-refractivity contribution in [1.29, 1.82) is 0 Å². The molecule has 1 aliphatic rings. The Hall–Kier alpha value is -1.84. The highest BCUT2D eigenvalue weighted by Gasteiger charge is 2.15. The summed E-state index contributed by atoms with van der Waals surface area (Å²) < 4.78 is 5.45. The van der Waals surface area contributed by atoms with Crippen LogP contribution in [0.15, 0.2) is 22.6 Å². The van der Waals surface area contributed by atoms with Gasteiger partial charge < -0.3 is 9.73 Å². The number of carbonyl (C=O) groups excluding carboxylic acids is 1. The molecule has 3 rings (SSSR count). The van der Waals surface area contributed by atoms with Gasteiger partial charge in [0.2, 0.25) is 5.91 Å². The van der Waals surface area contributed by atoms with Crippen LogP contribution < -0.4 is 5.32 Å². The van der Waals surface area contributed by atoms with Crippen LogP contribution in [0, 0.1) is 6.92 Å². The van der Waals surface area contributed by atoms with Crippen LogP contribution in [0.1, 0.15) is 50.0 Å². The van der Waals surface area contributed by atoms with Crippen molar-refractivity contribution in [2.24, 2.45) is 0 Å². The van der Waals surface area contributed by atoms with Crippen LogP contribution in [0.25, 0.3) is 11.1 Å². The Bertz CT molecular complexity index is 625. The van der Waals surface area contributed by atoms with Crippen LogP contribution in [0.3, 0.4) is 0 Å². The summed E-state index contributed by atoms with van der Waals surface area (Å²) in [6, 6.07) is 6.14. The summed E-state index contributed by atoms with van der Waals surface area (Å²) in [6.07, 6.45) is 7.71. The molecule has 0 bridgehead atoms. The lowest BCUT2D eigenvalue weighted by molar-refractivity contribution is -0.121. The number of amides is 1. The summed E-state index contributed by atoms with van der Waals surface area (Å²) in [4.78, 5) is 16.5. The van der Waals surface area contributed by atoms with E-state index in [1.807, 2.05) is 25.1 Å². The van der Waals surface area contributed by atoms with Gasteiger partial charge in [0.25, 0.3) is 0 Å². The van der Waals surface area contributed by atoms with Crippen molar-refractivity contribution >= 4 is 17.0 Å². The fraction of sp³-hybridized carbons (Fsp3) is 0.529. The molecule has 0 aliphatic heterocycles. The largest absolute Gasteiger partial charge is 0.441 e. The van der Waals surface area contributed by atoms with Crippen LogP contribution in [0.4, 0.5) is 0 Å². The fourth-order valence-corrected chi connectivity index (χ4v) is 3.09. The highest BCUT2D eigenvalue weighted by Crippen LogP contribution is 2.19. The summed E-state index contributed by atoms with van der Waals surface area (Å²) >= 11 is 0. The van der Waals surface area contributed by atoms with Crippen molar-refractivity contribution in [2.75, 3.05) is 0 Å². The SMILES string of the molecule is Cc1nc2cc(CC(=O)NC3CCCCCC3)ccc2o1. The third-order valence-corrected chi connectivity index (χ3v) is 4.14. The molecule has 1 aromatic carbocycles. The predicted molar refractivity (Wildman–Crippen MR) is 82.1 cm³/mol. The van der Waals surface area contributed by atoms with Gasteiger partial charge in [0.05, 0.1) is 6.42 Å². The minimum atomic E-state index is 0.112. The Morgan fingerprint density at radius 2 is 2.05 bits per heavy atom. The Balaban J connectivity index is 1.62. The van der Waals surface area contributed by atoms with Crippen LogP contribution in [0.2, 0.25) is 0 Å². The Kier molecular flexibility index (Phi) is 4.23. The van der Waals surface area contributed by atoms with Crippen molar-refractivity contribution in [3.8, 4) is 0 Å². The van der Waals surface area contributed by atoms with E-state index in [0.717, 1.165) is 29.5 Å². The quantitative estimate of drug-likeness (QED) is 0.878. The maximum Gasteiger partial charge on any atom is 0.224 e. The lowest BCUT2D eigenvalue weighted by Crippen LogP contribution is -2.35. The monoisotopic (exact) mass is 286 g/mol. The number of oxazole rings is 1. The first-order valence-corrected chi connectivity index (χ1v) is 7.86. The van der Waals surface area contributed by atoms with Crippen molar-refractivity contribution in [3.05, 3.63) is 29.7 Å². The van der Waals surface area contributed by atoms with E-state index in [-0.39, 0.29) is 5.91 Å². The molecule has 0 spiro atoms. The van der Waals surface area contributed by atoms with Crippen LogP contribution in [-0.4, -0.2) is 16.9 Å². The van der Waals surface area contributed by atoms with E-state index in [2.05, 4.69) is 10.3 Å². The van der Waals surface area contributed by atoms with E-state index in [1.54, 1.807) is 0 Å². The summed E-state index contributed by atoms with van der Waals surface area (Å²) in [5.41, 5.74) is 2.59. The molecule has 112 valence electrons. The summed E-state index contributed by atoms with van der Waals surface area (Å²) in [5.74, 6) is 0.770. The van der Waals surface area contributed by atoms with Crippen molar-refractivity contribution in [1.82, 2.24) is 10.3 Å². The van der Waals surface area contributed by atoms with Crippen LogP contribution in [-0.2, 0) is 11.2 Å². The van der Waals surface area contributed by atoms with Gasteiger partial charge in [-0.05, 0) is 30.5 Å². The average Bonchev–Trinajstić information content (AvgIpc) is 2.64. The van der Waals surface area contributed by atoms with Crippen molar-refractivity contribution in [2.45, 2.75) is 57.9 Å². The zero-order chi connectivity index (χ0) is 14.7. The molecule has 1 heterocycles. The summed E-state index contributed by atoms with van der Waals surface area (Å²) in [6.45, 7) is 1.83. The Morgan fingerprint density at radius 1 is 1.29 bits per heavy atom. The fourth-order valence-electron chi connectivity index (χ4n) is 3.09. The number of aromatic nitrogens is 1. The molecule has 21 heavy (non-hydrogen) atoms. The maximum absolute atomic E-state index is 12.2. The van der Waals surface area contributed by atoms with Gasteiger partial charge in [-0.15, -0.1) is 0 Å². The first-order valence-electron chi connectivity index (χ1n) is 7.86.